The number of hydrogen-bond acceptors (Lipinski definition) is 3. The molecule has 0 saturated carbocycles. The number of nitrogens with one attached hydrogen (secondary N) is 1. The van der Waals surface area contributed by atoms with Crippen molar-refractivity contribution in [2.24, 2.45) is 5.14 Å². The van der Waals surface area contributed by atoms with Crippen molar-refractivity contribution >= 4 is 21.8 Å². The van der Waals surface area contributed by atoms with Gasteiger partial charge < -0.3 is 5.11 Å². The van der Waals surface area contributed by atoms with Crippen LogP contribution in [0.4, 0.5) is 0 Å². The maximum absolute atomic E-state index is 10.6. The number of aliphatic hydroxyl groups excluding tert-OH is 1. The SMILES string of the molecule is NS(=O)(=O)NC[C@H](O)c1ccccc1Cl. The first-order chi connectivity index (χ1) is 6.90. The Balaban J connectivity index is 2.70. The van der Waals surface area contributed by atoms with Crippen LogP contribution in [0.1, 0.15) is 11.7 Å². The summed E-state index contributed by atoms with van der Waals surface area (Å²) in [6, 6.07) is 6.63. The van der Waals surface area contributed by atoms with Crippen LogP contribution in [0.25, 0.3) is 0 Å². The lowest BCUT2D eigenvalue weighted by Gasteiger charge is -2.12. The summed E-state index contributed by atoms with van der Waals surface area (Å²) in [6.45, 7) is -0.206. The van der Waals surface area contributed by atoms with E-state index in [0.29, 0.717) is 10.6 Å². The molecule has 1 aromatic rings. The van der Waals surface area contributed by atoms with E-state index in [-0.39, 0.29) is 6.54 Å². The van der Waals surface area contributed by atoms with Gasteiger partial charge >= 0.3 is 0 Å². The van der Waals surface area contributed by atoms with Crippen LogP contribution < -0.4 is 9.86 Å². The summed E-state index contributed by atoms with van der Waals surface area (Å²) in [6.07, 6.45) is -1.02. The summed E-state index contributed by atoms with van der Waals surface area (Å²) in [7, 11) is -3.79. The molecular formula is C8H11ClN2O3S. The number of hydrogen-bond donors (Lipinski definition) is 3. The molecule has 0 heterocycles. The van der Waals surface area contributed by atoms with Crippen LogP contribution in [0, 0.1) is 0 Å². The second kappa shape index (κ2) is 4.91. The smallest absolute Gasteiger partial charge is 0.274 e. The molecule has 0 aliphatic carbocycles. The first-order valence-corrected chi connectivity index (χ1v) is 6.02. The van der Waals surface area contributed by atoms with E-state index in [4.69, 9.17) is 16.7 Å². The molecule has 4 N–H and O–H groups in total. The topological polar surface area (TPSA) is 92.4 Å². The maximum Gasteiger partial charge on any atom is 0.274 e. The zero-order valence-electron chi connectivity index (χ0n) is 7.72. The van der Waals surface area contributed by atoms with Gasteiger partial charge in [-0.3, -0.25) is 0 Å². The van der Waals surface area contributed by atoms with Crippen LogP contribution in [0.2, 0.25) is 5.02 Å². The van der Waals surface area contributed by atoms with Crippen LogP contribution in [-0.2, 0) is 10.2 Å². The molecule has 0 bridgehead atoms. The summed E-state index contributed by atoms with van der Waals surface area (Å²) in [5.74, 6) is 0. The molecule has 15 heavy (non-hydrogen) atoms. The van der Waals surface area contributed by atoms with E-state index in [1.54, 1.807) is 24.3 Å². The standard InChI is InChI=1S/C8H11ClN2O3S/c9-7-4-2-1-3-6(7)8(12)5-11-15(10,13)14/h1-4,8,11-12H,5H2,(H2,10,13,14)/t8-/m0/s1. The molecule has 0 saturated heterocycles. The minimum absolute atomic E-state index is 0.206. The fourth-order valence-corrected chi connectivity index (χ4v) is 1.70. The van der Waals surface area contributed by atoms with Gasteiger partial charge in [0, 0.05) is 17.1 Å². The second-order valence-electron chi connectivity index (χ2n) is 2.93. The molecule has 0 aliphatic rings. The largest absolute Gasteiger partial charge is 0.387 e. The van der Waals surface area contributed by atoms with E-state index in [1.165, 1.54) is 0 Å². The van der Waals surface area contributed by atoms with E-state index >= 15 is 0 Å². The third kappa shape index (κ3) is 4.15. The molecule has 0 radical (unpaired) electrons. The lowest BCUT2D eigenvalue weighted by Crippen LogP contribution is -2.34. The van der Waals surface area contributed by atoms with E-state index in [0.717, 1.165) is 0 Å². The first kappa shape index (κ1) is 12.4. The van der Waals surface area contributed by atoms with E-state index < -0.39 is 16.3 Å². The van der Waals surface area contributed by atoms with Gasteiger partial charge in [0.15, 0.2) is 0 Å². The maximum atomic E-state index is 10.6. The van der Waals surface area contributed by atoms with Crippen molar-refractivity contribution in [3.05, 3.63) is 34.9 Å². The van der Waals surface area contributed by atoms with E-state index in [1.807, 2.05) is 4.72 Å². The molecule has 1 aromatic carbocycles. The van der Waals surface area contributed by atoms with Gasteiger partial charge in [0.05, 0.1) is 6.10 Å². The summed E-state index contributed by atoms with van der Waals surface area (Å²) >= 11 is 5.80. The molecule has 1 rings (SSSR count). The molecule has 0 spiro atoms. The van der Waals surface area contributed by atoms with Crippen LogP contribution in [0.15, 0.2) is 24.3 Å². The van der Waals surface area contributed by atoms with Crippen molar-refractivity contribution in [3.63, 3.8) is 0 Å². The average molecular weight is 251 g/mol. The molecule has 0 amide bonds. The van der Waals surface area contributed by atoms with Gasteiger partial charge in [-0.2, -0.15) is 13.1 Å². The zero-order valence-corrected chi connectivity index (χ0v) is 9.29. The number of nitrogens with two attached hydrogens (primary N) is 1. The van der Waals surface area contributed by atoms with Crippen molar-refractivity contribution in [1.29, 1.82) is 0 Å². The Kier molecular flexibility index (Phi) is 4.06. The van der Waals surface area contributed by atoms with Crippen LogP contribution in [0.5, 0.6) is 0 Å². The Hall–Kier alpha value is -0.660. The molecule has 7 heteroatoms. The van der Waals surface area contributed by atoms with E-state index in [9.17, 15) is 13.5 Å². The predicted molar refractivity (Wildman–Crippen MR) is 57.5 cm³/mol. The fraction of sp³-hybridized carbons (Fsp3) is 0.250. The summed E-state index contributed by atoms with van der Waals surface area (Å²) in [5.41, 5.74) is 0.454. The highest BCUT2D eigenvalue weighted by Gasteiger charge is 2.12. The van der Waals surface area contributed by atoms with Gasteiger partial charge in [-0.1, -0.05) is 29.8 Å². The Bertz CT molecular complexity index is 435. The van der Waals surface area contributed by atoms with Crippen molar-refractivity contribution < 1.29 is 13.5 Å². The molecule has 0 aliphatic heterocycles. The van der Waals surface area contributed by atoms with Crippen molar-refractivity contribution in [2.75, 3.05) is 6.54 Å². The molecule has 1 atom stereocenters. The minimum Gasteiger partial charge on any atom is -0.387 e. The quantitative estimate of drug-likeness (QED) is 0.711. The predicted octanol–water partition coefficient (Wildman–Crippen LogP) is 0.167. The normalized spacial score (nSPS) is 13.8. The molecule has 0 aromatic heterocycles. The lowest BCUT2D eigenvalue weighted by molar-refractivity contribution is 0.182. The Morgan fingerprint density at radius 2 is 2.07 bits per heavy atom. The van der Waals surface area contributed by atoms with Gasteiger partial charge in [-0.05, 0) is 6.07 Å². The number of aliphatic hydroxyl groups is 1. The Morgan fingerprint density at radius 1 is 1.47 bits per heavy atom. The Morgan fingerprint density at radius 3 is 2.60 bits per heavy atom. The molecule has 84 valence electrons. The van der Waals surface area contributed by atoms with Crippen LogP contribution in [-0.4, -0.2) is 20.1 Å². The molecular weight excluding hydrogens is 240 g/mol. The number of benzene rings is 1. The van der Waals surface area contributed by atoms with Gasteiger partial charge in [0.2, 0.25) is 0 Å². The van der Waals surface area contributed by atoms with E-state index in [2.05, 4.69) is 0 Å². The third-order valence-electron chi connectivity index (χ3n) is 1.74. The van der Waals surface area contributed by atoms with Crippen LogP contribution >= 0.6 is 11.6 Å². The third-order valence-corrected chi connectivity index (χ3v) is 2.66. The van der Waals surface area contributed by atoms with Crippen molar-refractivity contribution in [1.82, 2.24) is 4.72 Å². The molecule has 0 fully saturated rings. The monoisotopic (exact) mass is 250 g/mol. The minimum atomic E-state index is -3.79. The van der Waals surface area contributed by atoms with Gasteiger partial charge in [-0.25, -0.2) is 5.14 Å². The number of rotatable bonds is 4. The second-order valence-corrected chi connectivity index (χ2v) is 4.72. The van der Waals surface area contributed by atoms with Gasteiger partial charge in [-0.15, -0.1) is 0 Å². The first-order valence-electron chi connectivity index (χ1n) is 4.10. The van der Waals surface area contributed by atoms with Gasteiger partial charge in [0.1, 0.15) is 0 Å². The average Bonchev–Trinajstić information content (AvgIpc) is 2.14. The van der Waals surface area contributed by atoms with Gasteiger partial charge in [0.25, 0.3) is 10.2 Å². The summed E-state index contributed by atoms with van der Waals surface area (Å²) < 4.78 is 23.1. The zero-order chi connectivity index (χ0) is 11.5. The fourth-order valence-electron chi connectivity index (χ4n) is 1.05. The Labute approximate surface area is 93.0 Å². The lowest BCUT2D eigenvalue weighted by atomic mass is 10.1. The van der Waals surface area contributed by atoms with Crippen LogP contribution in [0.3, 0.4) is 0 Å². The molecule has 5 nitrogen and oxygen atoms in total. The summed E-state index contributed by atoms with van der Waals surface area (Å²) in [5, 5.41) is 14.7. The molecule has 0 unspecified atom stereocenters. The summed E-state index contributed by atoms with van der Waals surface area (Å²) in [4.78, 5) is 0. The highest BCUT2D eigenvalue weighted by Crippen LogP contribution is 2.21. The highest BCUT2D eigenvalue weighted by molar-refractivity contribution is 7.87. The van der Waals surface area contributed by atoms with Crippen molar-refractivity contribution in [3.8, 4) is 0 Å². The van der Waals surface area contributed by atoms with Crippen molar-refractivity contribution in [2.45, 2.75) is 6.10 Å². The highest BCUT2D eigenvalue weighted by atomic mass is 35.5. The number of halogens is 1.